The first-order valence-electron chi connectivity index (χ1n) is 5.61. The summed E-state index contributed by atoms with van der Waals surface area (Å²) in [5, 5.41) is 11.4. The number of halogens is 1. The Morgan fingerprint density at radius 3 is 2.60 bits per heavy atom. The number of carbonyl (C=O) groups excluding carboxylic acids is 1. The van der Waals surface area contributed by atoms with Crippen LogP contribution in [0.5, 0.6) is 0 Å². The van der Waals surface area contributed by atoms with Crippen LogP contribution in [0.2, 0.25) is 0 Å². The molecule has 2 aromatic rings. The van der Waals surface area contributed by atoms with Gasteiger partial charge in [-0.3, -0.25) is 4.79 Å². The second-order valence-electron chi connectivity index (χ2n) is 4.00. The molecule has 0 bridgehead atoms. The van der Waals surface area contributed by atoms with Crippen molar-refractivity contribution in [1.82, 2.24) is 9.97 Å². The van der Waals surface area contributed by atoms with Crippen molar-refractivity contribution in [3.05, 3.63) is 51.9 Å². The third kappa shape index (κ3) is 3.00. The molecule has 0 aliphatic heterocycles. The van der Waals surface area contributed by atoms with Gasteiger partial charge in [0.05, 0.1) is 5.56 Å². The Labute approximate surface area is 123 Å². The number of anilines is 1. The molecule has 1 heterocycles. The zero-order valence-corrected chi connectivity index (χ0v) is 12.0. The molecule has 0 saturated heterocycles. The van der Waals surface area contributed by atoms with Gasteiger partial charge >= 0.3 is 5.97 Å². The van der Waals surface area contributed by atoms with Crippen molar-refractivity contribution >= 4 is 33.6 Å². The molecule has 0 atom stereocenters. The summed E-state index contributed by atoms with van der Waals surface area (Å²) in [6, 6.07) is 5.23. The number of benzene rings is 1. The zero-order chi connectivity index (χ0) is 14.7. The molecule has 0 aliphatic rings. The van der Waals surface area contributed by atoms with Gasteiger partial charge in [0, 0.05) is 16.9 Å². The second kappa shape index (κ2) is 5.79. The third-order valence-corrected chi connectivity index (χ3v) is 3.16. The van der Waals surface area contributed by atoms with Crippen LogP contribution in [0.4, 0.5) is 5.82 Å². The van der Waals surface area contributed by atoms with Crippen LogP contribution in [-0.4, -0.2) is 27.0 Å². The summed E-state index contributed by atoms with van der Waals surface area (Å²) < 4.78 is 0.621. The molecule has 7 heteroatoms. The standard InChI is InChI=1S/C13H10BrN3O3/c1-7-2-3-8(9(14)6-7)12(18)17-11-10(13(19)20)15-4-5-16-11/h2-6H,1H3,(H,19,20)(H,16,17,18). The lowest BCUT2D eigenvalue weighted by Crippen LogP contribution is -2.17. The number of nitrogens with zero attached hydrogens (tertiary/aromatic N) is 2. The summed E-state index contributed by atoms with van der Waals surface area (Å²) in [7, 11) is 0. The smallest absolute Gasteiger partial charge is 0.358 e. The highest BCUT2D eigenvalue weighted by atomic mass is 79.9. The Morgan fingerprint density at radius 1 is 1.25 bits per heavy atom. The van der Waals surface area contributed by atoms with Crippen LogP contribution in [0.1, 0.15) is 26.4 Å². The maximum atomic E-state index is 12.1. The summed E-state index contributed by atoms with van der Waals surface area (Å²) in [4.78, 5) is 30.6. The molecule has 0 spiro atoms. The van der Waals surface area contributed by atoms with E-state index in [9.17, 15) is 9.59 Å². The number of aromatic carboxylic acids is 1. The minimum Gasteiger partial charge on any atom is -0.476 e. The van der Waals surface area contributed by atoms with E-state index in [-0.39, 0.29) is 11.5 Å². The Kier molecular flexibility index (Phi) is 4.09. The predicted molar refractivity (Wildman–Crippen MR) is 75.8 cm³/mol. The fraction of sp³-hybridized carbons (Fsp3) is 0.0769. The number of carboxylic acid groups (broad SMARTS) is 1. The maximum absolute atomic E-state index is 12.1. The molecule has 1 amide bonds. The fourth-order valence-electron chi connectivity index (χ4n) is 1.57. The molecule has 0 aliphatic carbocycles. The van der Waals surface area contributed by atoms with Gasteiger partial charge in [-0.1, -0.05) is 6.07 Å². The highest BCUT2D eigenvalue weighted by Gasteiger charge is 2.17. The molecule has 0 radical (unpaired) electrons. The lowest BCUT2D eigenvalue weighted by Gasteiger charge is -2.08. The number of hydrogen-bond donors (Lipinski definition) is 2. The van der Waals surface area contributed by atoms with Gasteiger partial charge in [-0.2, -0.15) is 0 Å². The SMILES string of the molecule is Cc1ccc(C(=O)Nc2nccnc2C(=O)O)c(Br)c1. The fourth-order valence-corrected chi connectivity index (χ4v) is 2.24. The average molecular weight is 336 g/mol. The molecule has 20 heavy (non-hydrogen) atoms. The predicted octanol–water partition coefficient (Wildman–Crippen LogP) is 2.50. The summed E-state index contributed by atoms with van der Waals surface area (Å²) in [6.07, 6.45) is 2.56. The number of rotatable bonds is 3. The van der Waals surface area contributed by atoms with Gasteiger partial charge in [0.1, 0.15) is 0 Å². The second-order valence-corrected chi connectivity index (χ2v) is 4.85. The molecular formula is C13H10BrN3O3. The van der Waals surface area contributed by atoms with Gasteiger partial charge in [0.15, 0.2) is 11.5 Å². The van der Waals surface area contributed by atoms with Crippen LogP contribution in [0.15, 0.2) is 35.1 Å². The lowest BCUT2D eigenvalue weighted by molar-refractivity contribution is 0.0691. The molecule has 0 fully saturated rings. The van der Waals surface area contributed by atoms with E-state index in [2.05, 4.69) is 31.2 Å². The summed E-state index contributed by atoms with van der Waals surface area (Å²) in [5.74, 6) is -1.80. The van der Waals surface area contributed by atoms with Gasteiger partial charge in [-0.25, -0.2) is 14.8 Å². The van der Waals surface area contributed by atoms with Crippen LogP contribution in [0.25, 0.3) is 0 Å². The minimum absolute atomic E-state index is 0.0857. The van der Waals surface area contributed by atoms with Gasteiger partial charge in [0.25, 0.3) is 5.91 Å². The third-order valence-electron chi connectivity index (χ3n) is 2.50. The summed E-state index contributed by atoms with van der Waals surface area (Å²) in [5.41, 5.74) is 1.08. The molecule has 2 N–H and O–H groups in total. The normalized spacial score (nSPS) is 10.1. The lowest BCUT2D eigenvalue weighted by atomic mass is 10.1. The van der Waals surface area contributed by atoms with Crippen LogP contribution in [0, 0.1) is 6.92 Å². The van der Waals surface area contributed by atoms with Crippen LogP contribution < -0.4 is 5.32 Å². The van der Waals surface area contributed by atoms with E-state index >= 15 is 0 Å². The Hall–Kier alpha value is -2.28. The number of aryl methyl sites for hydroxylation is 1. The monoisotopic (exact) mass is 335 g/mol. The topological polar surface area (TPSA) is 92.2 Å². The highest BCUT2D eigenvalue weighted by Crippen LogP contribution is 2.20. The van der Waals surface area contributed by atoms with Crippen LogP contribution >= 0.6 is 15.9 Å². The first kappa shape index (κ1) is 14.1. The minimum atomic E-state index is -1.25. The first-order valence-corrected chi connectivity index (χ1v) is 6.40. The van der Waals surface area contributed by atoms with Crippen molar-refractivity contribution < 1.29 is 14.7 Å². The van der Waals surface area contributed by atoms with E-state index in [1.807, 2.05) is 6.92 Å². The summed E-state index contributed by atoms with van der Waals surface area (Å²) >= 11 is 3.30. The molecule has 0 unspecified atom stereocenters. The van der Waals surface area contributed by atoms with Crippen molar-refractivity contribution in [1.29, 1.82) is 0 Å². The van der Waals surface area contributed by atoms with Gasteiger partial charge in [0.2, 0.25) is 0 Å². The number of carbonyl (C=O) groups is 2. The van der Waals surface area contributed by atoms with Crippen LogP contribution in [0.3, 0.4) is 0 Å². The Morgan fingerprint density at radius 2 is 1.95 bits per heavy atom. The van der Waals surface area contributed by atoms with E-state index in [1.165, 1.54) is 12.4 Å². The molecule has 1 aromatic heterocycles. The summed E-state index contributed by atoms with van der Waals surface area (Å²) in [6.45, 7) is 1.90. The van der Waals surface area contributed by atoms with Gasteiger partial charge in [-0.15, -0.1) is 0 Å². The van der Waals surface area contributed by atoms with Crippen LogP contribution in [-0.2, 0) is 0 Å². The largest absolute Gasteiger partial charge is 0.476 e. The van der Waals surface area contributed by atoms with E-state index in [0.717, 1.165) is 5.56 Å². The van der Waals surface area contributed by atoms with Gasteiger partial charge < -0.3 is 10.4 Å². The van der Waals surface area contributed by atoms with Crippen molar-refractivity contribution in [2.45, 2.75) is 6.92 Å². The van der Waals surface area contributed by atoms with E-state index in [4.69, 9.17) is 5.11 Å². The highest BCUT2D eigenvalue weighted by molar-refractivity contribution is 9.10. The molecule has 2 rings (SSSR count). The first-order chi connectivity index (χ1) is 9.49. The molecular weight excluding hydrogens is 326 g/mol. The Bertz CT molecular complexity index is 688. The van der Waals surface area contributed by atoms with Crippen molar-refractivity contribution in [2.75, 3.05) is 5.32 Å². The maximum Gasteiger partial charge on any atom is 0.358 e. The Balaban J connectivity index is 2.30. The number of amides is 1. The van der Waals surface area contributed by atoms with Crippen molar-refractivity contribution in [2.24, 2.45) is 0 Å². The van der Waals surface area contributed by atoms with Crippen molar-refractivity contribution in [3.63, 3.8) is 0 Å². The molecule has 1 aromatic carbocycles. The average Bonchev–Trinajstić information content (AvgIpc) is 2.38. The number of hydrogen-bond acceptors (Lipinski definition) is 4. The molecule has 0 saturated carbocycles. The number of nitrogens with one attached hydrogen (secondary N) is 1. The van der Waals surface area contributed by atoms with Gasteiger partial charge in [-0.05, 0) is 40.5 Å². The van der Waals surface area contributed by atoms with Crippen molar-refractivity contribution in [3.8, 4) is 0 Å². The molecule has 6 nitrogen and oxygen atoms in total. The number of carboxylic acids is 1. The quantitative estimate of drug-likeness (QED) is 0.898. The number of aromatic nitrogens is 2. The molecule has 102 valence electrons. The van der Waals surface area contributed by atoms with E-state index in [0.29, 0.717) is 10.0 Å². The van der Waals surface area contributed by atoms with E-state index < -0.39 is 11.9 Å². The van der Waals surface area contributed by atoms with E-state index in [1.54, 1.807) is 18.2 Å². The zero-order valence-electron chi connectivity index (χ0n) is 10.4.